The van der Waals surface area contributed by atoms with Gasteiger partial charge in [0.1, 0.15) is 0 Å². The number of para-hydroxylation sites is 1. The van der Waals surface area contributed by atoms with E-state index in [9.17, 15) is 0 Å². The van der Waals surface area contributed by atoms with Gasteiger partial charge >= 0.3 is 0 Å². The molecule has 0 unspecified atom stereocenters. The summed E-state index contributed by atoms with van der Waals surface area (Å²) in [6.45, 7) is 4.80. The number of benzene rings is 6. The Morgan fingerprint density at radius 2 is 1.17 bits per heavy atom. The molecule has 0 atom stereocenters. The molecule has 0 amide bonds. The van der Waals surface area contributed by atoms with Gasteiger partial charge in [-0.15, -0.1) is 0 Å². The molecule has 0 aliphatic heterocycles. The van der Waals surface area contributed by atoms with Crippen LogP contribution in [0.25, 0.3) is 39.0 Å². The summed E-state index contributed by atoms with van der Waals surface area (Å²) in [6, 6.07) is 55.8. The number of aromatic nitrogens is 2. The van der Waals surface area contributed by atoms with Crippen LogP contribution in [0.4, 0.5) is 0 Å². The summed E-state index contributed by atoms with van der Waals surface area (Å²) in [7, 11) is 0. The van der Waals surface area contributed by atoms with Gasteiger partial charge < -0.3 is 0 Å². The molecule has 52 heavy (non-hydrogen) atoms. The predicted octanol–water partition coefficient (Wildman–Crippen LogP) is 12.0. The zero-order valence-electron chi connectivity index (χ0n) is 29.5. The van der Waals surface area contributed by atoms with Crippen molar-refractivity contribution < 1.29 is 0 Å². The summed E-state index contributed by atoms with van der Waals surface area (Å²) < 4.78 is 0. The molecular weight excluding hydrogens is 629 g/mol. The number of rotatable bonds is 4. The van der Waals surface area contributed by atoms with Crippen molar-refractivity contribution in [1.82, 2.24) is 9.97 Å². The van der Waals surface area contributed by atoms with E-state index in [2.05, 4.69) is 184 Å². The van der Waals surface area contributed by atoms with Crippen LogP contribution in [0, 0.1) is 0 Å². The third-order valence-electron chi connectivity index (χ3n) is 11.6. The average Bonchev–Trinajstić information content (AvgIpc) is 3.36. The summed E-state index contributed by atoms with van der Waals surface area (Å²) in [4.78, 5) is 10.5. The van der Waals surface area contributed by atoms with E-state index in [0.717, 1.165) is 40.8 Å². The zero-order valence-corrected chi connectivity index (χ0v) is 29.5. The fourth-order valence-corrected chi connectivity index (χ4v) is 9.35. The first-order chi connectivity index (χ1) is 25.6. The van der Waals surface area contributed by atoms with Crippen LogP contribution >= 0.6 is 0 Å². The lowest BCUT2D eigenvalue weighted by Crippen LogP contribution is -2.33. The number of allylic oxidation sites excluding steroid dienone is 5. The van der Waals surface area contributed by atoms with Gasteiger partial charge in [-0.3, -0.25) is 0 Å². The van der Waals surface area contributed by atoms with Crippen LogP contribution in [-0.4, -0.2) is 9.97 Å². The summed E-state index contributed by atoms with van der Waals surface area (Å²) in [5.74, 6) is 0.758. The molecule has 3 aliphatic carbocycles. The number of hydrogen-bond donors (Lipinski definition) is 0. The molecule has 0 spiro atoms. The Balaban J connectivity index is 1.27. The summed E-state index contributed by atoms with van der Waals surface area (Å²) >= 11 is 0. The Kier molecular flexibility index (Phi) is 6.91. The Morgan fingerprint density at radius 3 is 1.88 bits per heavy atom. The van der Waals surface area contributed by atoms with E-state index in [1.807, 2.05) is 0 Å². The normalized spacial score (nSPS) is 16.4. The van der Waals surface area contributed by atoms with Gasteiger partial charge in [0.2, 0.25) is 0 Å². The Morgan fingerprint density at radius 1 is 0.538 bits per heavy atom. The maximum absolute atomic E-state index is 5.32. The number of nitrogens with zero attached hydrogens (tertiary/aromatic N) is 2. The van der Waals surface area contributed by atoms with Crippen LogP contribution < -0.4 is 0 Å². The average molecular weight is 667 g/mol. The number of hydrogen-bond acceptors (Lipinski definition) is 2. The lowest BCUT2D eigenvalue weighted by Gasteiger charge is -2.39. The highest BCUT2D eigenvalue weighted by atomic mass is 14.9. The maximum atomic E-state index is 5.32. The van der Waals surface area contributed by atoms with Gasteiger partial charge in [-0.05, 0) is 86.2 Å². The molecule has 0 saturated carbocycles. The molecular formula is C50H38N2. The van der Waals surface area contributed by atoms with Gasteiger partial charge in [-0.2, -0.15) is 0 Å². The zero-order chi connectivity index (χ0) is 34.9. The minimum absolute atomic E-state index is 0.261. The lowest BCUT2D eigenvalue weighted by atomic mass is 9.62. The van der Waals surface area contributed by atoms with Crippen molar-refractivity contribution in [3.05, 3.63) is 220 Å². The van der Waals surface area contributed by atoms with Gasteiger partial charge in [0.05, 0.1) is 16.6 Å². The predicted molar refractivity (Wildman–Crippen MR) is 215 cm³/mol. The van der Waals surface area contributed by atoms with Gasteiger partial charge in [-0.1, -0.05) is 172 Å². The molecule has 6 aromatic carbocycles. The van der Waals surface area contributed by atoms with E-state index < -0.39 is 5.41 Å². The van der Waals surface area contributed by atoms with Crippen molar-refractivity contribution in [2.75, 3.05) is 0 Å². The molecule has 0 saturated heterocycles. The highest BCUT2D eigenvalue weighted by Crippen LogP contribution is 2.61. The smallest absolute Gasteiger partial charge is 0.160 e. The van der Waals surface area contributed by atoms with Crippen molar-refractivity contribution >= 4 is 27.6 Å². The lowest BCUT2D eigenvalue weighted by molar-refractivity contribution is 0.695. The molecule has 2 nitrogen and oxygen atoms in total. The molecule has 7 aromatic rings. The second-order valence-electron chi connectivity index (χ2n) is 14.8. The molecule has 3 aliphatic rings. The second kappa shape index (κ2) is 11.7. The molecule has 248 valence electrons. The standard InChI is InChI=1S/C50H38N2/c1-49(2)41-31-30-34(48-51-44-29-17-14-26-39(44)47(52-48)33-18-6-3-7-19-33)32-40(41)45-37-24-12-15-27-42(37)50(35-20-8-4-9-21-35,36-22-10-5-11-23-36)43-28-16-13-25-38(43)46(45)49/h4-6,8-32H,3,7H2,1-2H3. The summed E-state index contributed by atoms with van der Waals surface area (Å²) in [5, 5.41) is 1.09. The third kappa shape index (κ3) is 4.37. The molecule has 1 aromatic heterocycles. The fraction of sp³-hybridized carbons (Fsp3) is 0.120. The van der Waals surface area contributed by atoms with Crippen LogP contribution in [0.1, 0.15) is 76.9 Å². The molecule has 0 radical (unpaired) electrons. The van der Waals surface area contributed by atoms with Crippen LogP contribution in [-0.2, 0) is 10.8 Å². The summed E-state index contributed by atoms with van der Waals surface area (Å²) in [5.41, 5.74) is 16.3. The molecule has 10 rings (SSSR count). The van der Waals surface area contributed by atoms with Crippen molar-refractivity contribution in [2.45, 2.75) is 37.5 Å². The van der Waals surface area contributed by atoms with E-state index in [0.29, 0.717) is 0 Å². The van der Waals surface area contributed by atoms with Crippen LogP contribution in [0.2, 0.25) is 0 Å². The van der Waals surface area contributed by atoms with Crippen LogP contribution in [0.5, 0.6) is 0 Å². The first kappa shape index (κ1) is 30.7. The van der Waals surface area contributed by atoms with E-state index in [4.69, 9.17) is 9.97 Å². The maximum Gasteiger partial charge on any atom is 0.160 e. The Bertz CT molecular complexity index is 2600. The monoisotopic (exact) mass is 666 g/mol. The topological polar surface area (TPSA) is 25.8 Å². The van der Waals surface area contributed by atoms with Gasteiger partial charge in [-0.25, -0.2) is 9.97 Å². The largest absolute Gasteiger partial charge is 0.228 e. The molecule has 0 N–H and O–H groups in total. The first-order valence-electron chi connectivity index (χ1n) is 18.4. The molecule has 0 fully saturated rings. The van der Waals surface area contributed by atoms with E-state index in [-0.39, 0.29) is 5.41 Å². The van der Waals surface area contributed by atoms with Gasteiger partial charge in [0.15, 0.2) is 5.82 Å². The minimum atomic E-state index is -0.536. The van der Waals surface area contributed by atoms with Crippen molar-refractivity contribution in [2.24, 2.45) is 0 Å². The SMILES string of the molecule is CC1(C)C2=C(c3cc(-c4nc(C5=CCCC=C5)c5ccccc5n4)ccc31)c1ccccc1C(c1ccccc1)(c1ccccc1)c1ccccc12. The fourth-order valence-electron chi connectivity index (χ4n) is 9.35. The van der Waals surface area contributed by atoms with Crippen LogP contribution in [0.3, 0.4) is 0 Å². The van der Waals surface area contributed by atoms with E-state index >= 15 is 0 Å². The third-order valence-corrected chi connectivity index (χ3v) is 11.6. The Labute approximate surface area is 305 Å². The highest BCUT2D eigenvalue weighted by molar-refractivity contribution is 6.10. The van der Waals surface area contributed by atoms with Crippen molar-refractivity contribution in [1.29, 1.82) is 0 Å². The van der Waals surface area contributed by atoms with E-state index in [1.165, 1.54) is 61.2 Å². The van der Waals surface area contributed by atoms with Gasteiger partial charge in [0, 0.05) is 16.4 Å². The quantitative estimate of drug-likeness (QED) is 0.187. The minimum Gasteiger partial charge on any atom is -0.228 e. The van der Waals surface area contributed by atoms with Crippen molar-refractivity contribution in [3.8, 4) is 11.4 Å². The van der Waals surface area contributed by atoms with E-state index in [1.54, 1.807) is 0 Å². The van der Waals surface area contributed by atoms with Crippen LogP contribution in [0.15, 0.2) is 170 Å². The molecule has 0 bridgehead atoms. The Hall–Kier alpha value is -6.12. The summed E-state index contributed by atoms with van der Waals surface area (Å²) in [6.07, 6.45) is 8.88. The van der Waals surface area contributed by atoms with Crippen molar-refractivity contribution in [3.63, 3.8) is 0 Å². The first-order valence-corrected chi connectivity index (χ1v) is 18.4. The highest BCUT2D eigenvalue weighted by Gasteiger charge is 2.49. The molecule has 1 heterocycles. The van der Waals surface area contributed by atoms with Gasteiger partial charge in [0.25, 0.3) is 0 Å². The second-order valence-corrected chi connectivity index (χ2v) is 14.8. The number of fused-ring (bicyclic) bond motifs is 7. The molecule has 2 heteroatoms.